The second-order valence-corrected chi connectivity index (χ2v) is 5.94. The van der Waals surface area contributed by atoms with Gasteiger partial charge >= 0.3 is 0 Å². The molecule has 0 saturated heterocycles. The van der Waals surface area contributed by atoms with Gasteiger partial charge in [-0.15, -0.1) is 0 Å². The van der Waals surface area contributed by atoms with Gasteiger partial charge in [-0.25, -0.2) is 4.98 Å². The summed E-state index contributed by atoms with van der Waals surface area (Å²) in [5, 5.41) is 0. The number of hydrogen-bond acceptors (Lipinski definition) is 3. The molecular weight excluding hydrogens is 312 g/mol. The first kappa shape index (κ1) is 15.1. The highest BCUT2D eigenvalue weighted by Crippen LogP contribution is 2.25. The summed E-state index contributed by atoms with van der Waals surface area (Å²) >= 11 is 0. The maximum Gasteiger partial charge on any atom is 0.250 e. The van der Waals surface area contributed by atoms with Gasteiger partial charge in [0.15, 0.2) is 0 Å². The van der Waals surface area contributed by atoms with Gasteiger partial charge in [-0.3, -0.25) is 9.78 Å². The van der Waals surface area contributed by atoms with E-state index in [-0.39, 0.29) is 0 Å². The number of aryl methyl sites for hydroxylation is 1. The molecule has 3 heterocycles. The topological polar surface area (TPSA) is 73.3 Å². The Bertz CT molecular complexity index is 1080. The average molecular weight is 328 g/mol. The Hall–Kier alpha value is -3.47. The summed E-state index contributed by atoms with van der Waals surface area (Å²) in [6.45, 7) is 2.05. The van der Waals surface area contributed by atoms with Crippen LogP contribution in [-0.2, 0) is 0 Å². The number of primary amides is 1. The third kappa shape index (κ3) is 2.76. The van der Waals surface area contributed by atoms with Crippen LogP contribution in [0.4, 0.5) is 0 Å². The van der Waals surface area contributed by atoms with E-state index in [0.717, 1.165) is 22.5 Å². The molecule has 0 radical (unpaired) electrons. The zero-order chi connectivity index (χ0) is 17.4. The minimum atomic E-state index is -0.483. The number of aromatic nitrogens is 3. The van der Waals surface area contributed by atoms with Gasteiger partial charge in [0.05, 0.1) is 17.0 Å². The summed E-state index contributed by atoms with van der Waals surface area (Å²) < 4.78 is 2.02. The van der Waals surface area contributed by atoms with E-state index >= 15 is 0 Å². The number of carbonyl (C=O) groups excluding carboxylic acids is 1. The number of nitrogens with two attached hydrogens (primary N) is 1. The predicted molar refractivity (Wildman–Crippen MR) is 97.1 cm³/mol. The van der Waals surface area contributed by atoms with Crippen molar-refractivity contribution < 1.29 is 4.79 Å². The summed E-state index contributed by atoms with van der Waals surface area (Å²) in [6, 6.07) is 15.2. The molecule has 0 aliphatic rings. The highest BCUT2D eigenvalue weighted by Gasteiger charge is 2.11. The van der Waals surface area contributed by atoms with Crippen molar-refractivity contribution in [1.82, 2.24) is 14.4 Å². The van der Waals surface area contributed by atoms with Crippen LogP contribution in [0.1, 0.15) is 15.9 Å². The lowest BCUT2D eigenvalue weighted by Gasteiger charge is -2.06. The van der Waals surface area contributed by atoms with E-state index in [1.165, 1.54) is 5.56 Å². The molecule has 0 aliphatic heterocycles. The van der Waals surface area contributed by atoms with Crippen LogP contribution in [0, 0.1) is 6.92 Å². The highest BCUT2D eigenvalue weighted by molar-refractivity contribution is 5.98. The molecule has 122 valence electrons. The first-order valence-corrected chi connectivity index (χ1v) is 7.93. The van der Waals surface area contributed by atoms with Crippen molar-refractivity contribution in [2.24, 2.45) is 5.73 Å². The van der Waals surface area contributed by atoms with Crippen LogP contribution in [0.5, 0.6) is 0 Å². The van der Waals surface area contributed by atoms with E-state index in [2.05, 4.69) is 16.9 Å². The van der Waals surface area contributed by atoms with Crippen LogP contribution in [0.3, 0.4) is 0 Å². The molecule has 25 heavy (non-hydrogen) atoms. The zero-order valence-corrected chi connectivity index (χ0v) is 13.7. The number of pyridine rings is 2. The Morgan fingerprint density at radius 2 is 1.76 bits per heavy atom. The fourth-order valence-corrected chi connectivity index (χ4v) is 2.88. The number of benzene rings is 1. The third-order valence-electron chi connectivity index (χ3n) is 4.13. The van der Waals surface area contributed by atoms with Crippen molar-refractivity contribution in [3.63, 3.8) is 0 Å². The van der Waals surface area contributed by atoms with Crippen molar-refractivity contribution in [2.45, 2.75) is 6.92 Å². The smallest absolute Gasteiger partial charge is 0.250 e. The molecule has 2 N–H and O–H groups in total. The second kappa shape index (κ2) is 5.87. The molecule has 1 amide bonds. The molecule has 0 saturated carbocycles. The van der Waals surface area contributed by atoms with Crippen molar-refractivity contribution in [3.05, 3.63) is 78.2 Å². The summed E-state index contributed by atoms with van der Waals surface area (Å²) in [5.41, 5.74) is 11.3. The van der Waals surface area contributed by atoms with E-state index in [0.29, 0.717) is 11.3 Å². The van der Waals surface area contributed by atoms with Gasteiger partial charge in [-0.05, 0) is 30.7 Å². The van der Waals surface area contributed by atoms with Crippen LogP contribution in [-0.4, -0.2) is 20.3 Å². The number of imidazole rings is 1. The molecule has 0 spiro atoms. The molecule has 0 unspecified atom stereocenters. The molecule has 0 fully saturated rings. The summed E-state index contributed by atoms with van der Waals surface area (Å²) in [5.74, 6) is -0.483. The number of nitrogens with zero attached hydrogens (tertiary/aromatic N) is 3. The van der Waals surface area contributed by atoms with Gasteiger partial charge < -0.3 is 10.1 Å². The Balaban J connectivity index is 1.73. The third-order valence-corrected chi connectivity index (χ3v) is 4.13. The first-order valence-electron chi connectivity index (χ1n) is 7.93. The lowest BCUT2D eigenvalue weighted by Crippen LogP contribution is -2.12. The maximum atomic E-state index is 11.6. The molecule has 0 bridgehead atoms. The number of carbonyl (C=O) groups is 1. The molecule has 3 aromatic heterocycles. The van der Waals surface area contributed by atoms with Crippen molar-refractivity contribution in [2.75, 3.05) is 0 Å². The van der Waals surface area contributed by atoms with Gasteiger partial charge in [0.25, 0.3) is 5.91 Å². The Morgan fingerprint density at radius 3 is 2.52 bits per heavy atom. The van der Waals surface area contributed by atoms with E-state index in [9.17, 15) is 4.79 Å². The summed E-state index contributed by atoms with van der Waals surface area (Å²) in [6.07, 6.45) is 5.71. The van der Waals surface area contributed by atoms with E-state index < -0.39 is 5.91 Å². The molecule has 5 nitrogen and oxygen atoms in total. The van der Waals surface area contributed by atoms with Crippen LogP contribution in [0.15, 0.2) is 67.1 Å². The van der Waals surface area contributed by atoms with Crippen molar-refractivity contribution in [1.29, 1.82) is 0 Å². The van der Waals surface area contributed by atoms with Gasteiger partial charge in [0, 0.05) is 29.7 Å². The quantitative estimate of drug-likeness (QED) is 0.626. The summed E-state index contributed by atoms with van der Waals surface area (Å²) in [7, 11) is 0. The van der Waals surface area contributed by atoms with E-state index in [4.69, 9.17) is 5.73 Å². The fraction of sp³-hybridized carbons (Fsp3) is 0.0500. The van der Waals surface area contributed by atoms with Gasteiger partial charge in [0.1, 0.15) is 5.65 Å². The molecule has 5 heteroatoms. The number of amides is 1. The Morgan fingerprint density at radius 1 is 1.00 bits per heavy atom. The lowest BCUT2D eigenvalue weighted by molar-refractivity contribution is 0.100. The Labute approximate surface area is 144 Å². The molecule has 0 atom stereocenters. The van der Waals surface area contributed by atoms with Crippen molar-refractivity contribution >= 4 is 11.6 Å². The predicted octanol–water partition coefficient (Wildman–Crippen LogP) is 3.47. The van der Waals surface area contributed by atoms with Gasteiger partial charge in [-0.1, -0.05) is 30.3 Å². The lowest BCUT2D eigenvalue weighted by atomic mass is 10.0. The molecule has 1 aromatic carbocycles. The van der Waals surface area contributed by atoms with Gasteiger partial charge in [-0.2, -0.15) is 0 Å². The van der Waals surface area contributed by atoms with Crippen LogP contribution in [0.25, 0.3) is 28.2 Å². The van der Waals surface area contributed by atoms with Crippen LogP contribution in [0.2, 0.25) is 0 Å². The maximum absolute atomic E-state index is 11.6. The minimum Gasteiger partial charge on any atom is -0.366 e. The minimum absolute atomic E-state index is 0.415. The second-order valence-electron chi connectivity index (χ2n) is 5.94. The number of rotatable bonds is 3. The normalized spacial score (nSPS) is 10.9. The average Bonchev–Trinajstić information content (AvgIpc) is 3.05. The van der Waals surface area contributed by atoms with Crippen LogP contribution >= 0.6 is 0 Å². The summed E-state index contributed by atoms with van der Waals surface area (Å²) in [4.78, 5) is 20.5. The molecule has 4 aromatic rings. The Kier molecular flexibility index (Phi) is 3.54. The monoisotopic (exact) mass is 328 g/mol. The van der Waals surface area contributed by atoms with Crippen LogP contribution < -0.4 is 5.73 Å². The highest BCUT2D eigenvalue weighted by atomic mass is 16.1. The first-order chi connectivity index (χ1) is 12.1. The molecular formula is C20H16N4O. The zero-order valence-electron chi connectivity index (χ0n) is 13.7. The van der Waals surface area contributed by atoms with Gasteiger partial charge in [0.2, 0.25) is 0 Å². The van der Waals surface area contributed by atoms with Crippen molar-refractivity contribution in [3.8, 4) is 22.5 Å². The van der Waals surface area contributed by atoms with E-state index in [1.807, 2.05) is 53.2 Å². The molecule has 4 rings (SSSR count). The number of fused-ring (bicyclic) bond motifs is 1. The fourth-order valence-electron chi connectivity index (χ4n) is 2.88. The van der Waals surface area contributed by atoms with E-state index in [1.54, 1.807) is 18.3 Å². The standard InChI is InChI=1S/C20H16N4O/c1-13-4-9-18-23-17(12-24(18)11-13)14-5-7-15(8-6-14)19-16(20(21)25)3-2-10-22-19/h2-12H,1H3,(H2,21,25). The largest absolute Gasteiger partial charge is 0.366 e. The molecule has 0 aliphatic carbocycles. The SMILES string of the molecule is Cc1ccc2nc(-c3ccc(-c4ncccc4C(N)=O)cc3)cn2c1. The number of hydrogen-bond donors (Lipinski definition) is 1.